The van der Waals surface area contributed by atoms with Gasteiger partial charge in [-0.1, -0.05) is 0 Å². The van der Waals surface area contributed by atoms with Crippen molar-refractivity contribution in [3.8, 4) is 0 Å². The number of halogens is 1. The molecule has 3 heterocycles. The van der Waals surface area contributed by atoms with Crippen LogP contribution in [-0.4, -0.2) is 17.4 Å². The van der Waals surface area contributed by atoms with Crippen molar-refractivity contribution in [3.05, 3.63) is 45.0 Å². The molecule has 5 heteroatoms. The first-order chi connectivity index (χ1) is 9.74. The maximum absolute atomic E-state index is 12.7. The highest BCUT2D eigenvalue weighted by Gasteiger charge is 2.42. The van der Waals surface area contributed by atoms with E-state index in [0.717, 1.165) is 13.0 Å². The van der Waals surface area contributed by atoms with Gasteiger partial charge in [0.15, 0.2) is 11.0 Å². The summed E-state index contributed by atoms with van der Waals surface area (Å²) in [5.74, 6) is 0.919. The van der Waals surface area contributed by atoms with Crippen molar-refractivity contribution in [2.24, 2.45) is 5.92 Å². The predicted octanol–water partition coefficient (Wildman–Crippen LogP) is 4.14. The first kappa shape index (κ1) is 12.5. The van der Waals surface area contributed by atoms with Crippen LogP contribution in [0.2, 0.25) is 5.22 Å². The first-order valence-corrected chi connectivity index (χ1v) is 8.12. The first-order valence-electron chi connectivity index (χ1n) is 6.86. The molecule has 1 fully saturated rings. The van der Waals surface area contributed by atoms with Crippen LogP contribution in [0.15, 0.2) is 28.0 Å². The Morgan fingerprint density at radius 1 is 1.35 bits per heavy atom. The van der Waals surface area contributed by atoms with Gasteiger partial charge in [-0.15, -0.1) is 11.3 Å². The molecule has 1 aliphatic heterocycles. The molecule has 104 valence electrons. The van der Waals surface area contributed by atoms with Gasteiger partial charge in [-0.25, -0.2) is 0 Å². The lowest BCUT2D eigenvalue weighted by Crippen LogP contribution is -2.40. The van der Waals surface area contributed by atoms with Gasteiger partial charge in [-0.2, -0.15) is 0 Å². The molecule has 0 saturated heterocycles. The molecule has 2 aromatic heterocycles. The molecule has 0 aromatic carbocycles. The molecule has 2 aromatic rings. The third-order valence-electron chi connectivity index (χ3n) is 4.13. The zero-order valence-electron chi connectivity index (χ0n) is 10.8. The molecule has 4 rings (SSSR count). The van der Waals surface area contributed by atoms with E-state index in [9.17, 15) is 4.79 Å². The Kier molecular flexibility index (Phi) is 2.89. The molecule has 20 heavy (non-hydrogen) atoms. The molecular weight excluding hydrogens is 294 g/mol. The molecule has 2 aliphatic rings. The molecule has 0 N–H and O–H groups in total. The minimum atomic E-state index is -0.0364. The maximum Gasteiger partial charge on any atom is 0.290 e. The van der Waals surface area contributed by atoms with Crippen LogP contribution in [0.25, 0.3) is 0 Å². The number of rotatable bonds is 2. The van der Waals surface area contributed by atoms with Gasteiger partial charge in [0.1, 0.15) is 0 Å². The second kappa shape index (κ2) is 4.64. The minimum absolute atomic E-state index is 0.0364. The number of amides is 1. The molecule has 0 radical (unpaired) electrons. The SMILES string of the molecule is O=C(c1ccc(Cl)o1)N1CCc2sccc2C1C1CC1. The molecular formula is C15H14ClNO2S. The van der Waals surface area contributed by atoms with Gasteiger partial charge in [-0.3, -0.25) is 4.79 Å². The molecule has 0 spiro atoms. The quantitative estimate of drug-likeness (QED) is 0.835. The van der Waals surface area contributed by atoms with Crippen LogP contribution >= 0.6 is 22.9 Å². The second-order valence-corrected chi connectivity index (χ2v) is 6.81. The van der Waals surface area contributed by atoms with Gasteiger partial charge >= 0.3 is 0 Å². The summed E-state index contributed by atoms with van der Waals surface area (Å²) in [5.41, 5.74) is 1.34. The average molecular weight is 308 g/mol. The number of hydrogen-bond acceptors (Lipinski definition) is 3. The topological polar surface area (TPSA) is 33.5 Å². The van der Waals surface area contributed by atoms with Gasteiger partial charge in [-0.05, 0) is 65.9 Å². The predicted molar refractivity (Wildman–Crippen MR) is 78.2 cm³/mol. The smallest absolute Gasteiger partial charge is 0.290 e. The van der Waals surface area contributed by atoms with E-state index in [4.69, 9.17) is 16.0 Å². The summed E-state index contributed by atoms with van der Waals surface area (Å²) in [6.07, 6.45) is 3.36. The number of thiophene rings is 1. The third-order valence-corrected chi connectivity index (χ3v) is 5.33. The standard InChI is InChI=1S/C15H14ClNO2S/c16-13-4-3-11(19-13)15(18)17-7-5-12-10(6-8-20-12)14(17)9-1-2-9/h3-4,6,8-9,14H,1-2,5,7H2. The van der Waals surface area contributed by atoms with Crippen molar-refractivity contribution in [1.82, 2.24) is 4.90 Å². The van der Waals surface area contributed by atoms with Crippen LogP contribution in [0, 0.1) is 5.92 Å². The van der Waals surface area contributed by atoms with Gasteiger partial charge in [0, 0.05) is 11.4 Å². The van der Waals surface area contributed by atoms with Crippen LogP contribution < -0.4 is 0 Å². The number of fused-ring (bicyclic) bond motifs is 1. The number of furan rings is 1. The Balaban J connectivity index is 1.69. The number of carbonyl (C=O) groups is 1. The van der Waals surface area contributed by atoms with Crippen molar-refractivity contribution in [2.75, 3.05) is 6.54 Å². The Bertz CT molecular complexity index is 658. The summed E-state index contributed by atoms with van der Waals surface area (Å²) in [4.78, 5) is 16.1. The lowest BCUT2D eigenvalue weighted by atomic mass is 9.95. The van der Waals surface area contributed by atoms with Crippen molar-refractivity contribution in [1.29, 1.82) is 0 Å². The average Bonchev–Trinajstić information content (AvgIpc) is 3.00. The van der Waals surface area contributed by atoms with Crippen LogP contribution in [0.1, 0.15) is 39.9 Å². The van der Waals surface area contributed by atoms with Gasteiger partial charge < -0.3 is 9.32 Å². The second-order valence-electron chi connectivity index (χ2n) is 5.43. The largest absolute Gasteiger partial charge is 0.440 e. The normalized spacial score (nSPS) is 21.9. The molecule has 1 unspecified atom stereocenters. The van der Waals surface area contributed by atoms with Crippen molar-refractivity contribution in [3.63, 3.8) is 0 Å². The summed E-state index contributed by atoms with van der Waals surface area (Å²) in [5, 5.41) is 2.40. The minimum Gasteiger partial charge on any atom is -0.440 e. The van der Waals surface area contributed by atoms with Crippen LogP contribution in [-0.2, 0) is 6.42 Å². The third kappa shape index (κ3) is 1.98. The summed E-state index contributed by atoms with van der Waals surface area (Å²) in [7, 11) is 0. The van der Waals surface area contributed by atoms with E-state index in [1.54, 1.807) is 23.5 Å². The van der Waals surface area contributed by atoms with E-state index in [-0.39, 0.29) is 17.2 Å². The Morgan fingerprint density at radius 2 is 2.20 bits per heavy atom. The van der Waals surface area contributed by atoms with Gasteiger partial charge in [0.05, 0.1) is 6.04 Å². The fraction of sp³-hybridized carbons (Fsp3) is 0.400. The van der Waals surface area contributed by atoms with E-state index >= 15 is 0 Å². The molecule has 0 bridgehead atoms. The maximum atomic E-state index is 12.7. The zero-order chi connectivity index (χ0) is 13.7. The molecule has 3 nitrogen and oxygen atoms in total. The Labute approximate surface area is 126 Å². The number of carbonyl (C=O) groups excluding carboxylic acids is 1. The lowest BCUT2D eigenvalue weighted by molar-refractivity contribution is 0.0604. The molecule has 1 amide bonds. The Hall–Kier alpha value is -1.26. The lowest BCUT2D eigenvalue weighted by Gasteiger charge is -2.35. The highest BCUT2D eigenvalue weighted by Crippen LogP contribution is 2.48. The van der Waals surface area contributed by atoms with E-state index in [1.807, 2.05) is 4.90 Å². The van der Waals surface area contributed by atoms with Gasteiger partial charge in [0.2, 0.25) is 0 Å². The number of hydrogen-bond donors (Lipinski definition) is 0. The van der Waals surface area contributed by atoms with Crippen molar-refractivity contribution in [2.45, 2.75) is 25.3 Å². The van der Waals surface area contributed by atoms with Crippen LogP contribution in [0.4, 0.5) is 0 Å². The van der Waals surface area contributed by atoms with Crippen molar-refractivity contribution < 1.29 is 9.21 Å². The van der Waals surface area contributed by atoms with E-state index in [0.29, 0.717) is 11.7 Å². The molecule has 1 aliphatic carbocycles. The van der Waals surface area contributed by atoms with E-state index < -0.39 is 0 Å². The highest BCUT2D eigenvalue weighted by molar-refractivity contribution is 7.10. The fourth-order valence-corrected chi connectivity index (χ4v) is 4.12. The van der Waals surface area contributed by atoms with E-state index in [2.05, 4.69) is 11.4 Å². The fourth-order valence-electron chi connectivity index (χ4n) is 3.07. The zero-order valence-corrected chi connectivity index (χ0v) is 12.4. The van der Waals surface area contributed by atoms with Crippen molar-refractivity contribution >= 4 is 28.8 Å². The van der Waals surface area contributed by atoms with Gasteiger partial charge in [0.25, 0.3) is 5.91 Å². The highest BCUT2D eigenvalue weighted by atomic mass is 35.5. The summed E-state index contributed by atoms with van der Waals surface area (Å²) in [6.45, 7) is 0.770. The van der Waals surface area contributed by atoms with E-state index in [1.165, 1.54) is 23.3 Å². The van der Waals surface area contributed by atoms with Crippen LogP contribution in [0.5, 0.6) is 0 Å². The van der Waals surface area contributed by atoms with Crippen LogP contribution in [0.3, 0.4) is 0 Å². The summed E-state index contributed by atoms with van der Waals surface area (Å²) >= 11 is 7.59. The molecule has 1 saturated carbocycles. The number of nitrogens with zero attached hydrogens (tertiary/aromatic N) is 1. The summed E-state index contributed by atoms with van der Waals surface area (Å²) in [6, 6.07) is 5.69. The summed E-state index contributed by atoms with van der Waals surface area (Å²) < 4.78 is 5.29. The monoisotopic (exact) mass is 307 g/mol. The molecule has 1 atom stereocenters. The Morgan fingerprint density at radius 3 is 2.90 bits per heavy atom.